The number of halogens is 1. The molecule has 0 N–H and O–H groups in total. The average Bonchev–Trinajstić information content (AvgIpc) is 3.73. The molecule has 0 fully saturated rings. The number of rotatable bonds is 3. The van der Waals surface area contributed by atoms with Crippen LogP contribution in [0, 0.1) is 5.82 Å². The van der Waals surface area contributed by atoms with Crippen LogP contribution in [0.25, 0.3) is 32.7 Å². The van der Waals surface area contributed by atoms with Gasteiger partial charge in [0.05, 0.1) is 0 Å². The van der Waals surface area contributed by atoms with E-state index in [-0.39, 0.29) is 16.6 Å². The Morgan fingerprint density at radius 1 is 0.553 bits per heavy atom. The van der Waals surface area contributed by atoms with Crippen molar-refractivity contribution < 1.29 is 28.3 Å². The third kappa shape index (κ3) is 8.87. The standard InChI is InChI=1S/C21H25.C13H10.C11H8F.Hf/c1-20(2,3)16-7-9-18-14(12-16)11-15-13-17(21(4,5)6)8-10-19(15)18;1-3-7-12(8-4-1)11-13-9-5-2-6-10-13;12-11-7-5-10(6-8-11)9-3-1-2-4-9;/h7-13H,1-6H3;1-10H;1-8H;/q-1;;-1;+2. The molecule has 7 aromatic carbocycles. The van der Waals surface area contributed by atoms with Crippen molar-refractivity contribution in [2.45, 2.75) is 52.4 Å². The second-order valence-electron chi connectivity index (χ2n) is 14.0. The molecule has 0 bridgehead atoms. The van der Waals surface area contributed by atoms with Crippen molar-refractivity contribution >= 4 is 24.8 Å². The number of hydrogen-bond donors (Lipinski definition) is 0. The summed E-state index contributed by atoms with van der Waals surface area (Å²) in [4.78, 5) is 0. The first kappa shape index (κ1) is 34.3. The molecule has 0 aliphatic carbocycles. The third-order valence-corrected chi connectivity index (χ3v) is 10.5. The Kier molecular flexibility index (Phi) is 10.8. The van der Waals surface area contributed by atoms with Crippen LogP contribution in [-0.4, -0.2) is 3.26 Å². The first-order valence-corrected chi connectivity index (χ1v) is 18.0. The van der Waals surface area contributed by atoms with E-state index in [0.29, 0.717) is 0 Å². The van der Waals surface area contributed by atoms with Crippen LogP contribution in [0.1, 0.15) is 63.8 Å². The van der Waals surface area contributed by atoms with Crippen molar-refractivity contribution in [3.8, 4) is 11.1 Å². The quantitative estimate of drug-likeness (QED) is 0.124. The van der Waals surface area contributed by atoms with Gasteiger partial charge in [0.25, 0.3) is 0 Å². The van der Waals surface area contributed by atoms with Crippen LogP contribution >= 0.6 is 0 Å². The zero-order valence-corrected chi connectivity index (χ0v) is 31.9. The molecule has 0 amide bonds. The van der Waals surface area contributed by atoms with Crippen LogP contribution in [0.2, 0.25) is 0 Å². The van der Waals surface area contributed by atoms with Gasteiger partial charge in [-0.2, -0.15) is 23.8 Å². The summed E-state index contributed by atoms with van der Waals surface area (Å²) in [6.07, 6.45) is 0. The van der Waals surface area contributed by atoms with Crippen LogP contribution in [0.5, 0.6) is 0 Å². The first-order chi connectivity index (χ1) is 22.4. The average molecular weight is 781 g/mol. The second-order valence-corrected chi connectivity index (χ2v) is 15.8. The van der Waals surface area contributed by atoms with Crippen LogP contribution in [0.4, 0.5) is 4.39 Å². The van der Waals surface area contributed by atoms with E-state index in [9.17, 15) is 4.39 Å². The molecule has 0 heterocycles. The van der Waals surface area contributed by atoms with Crippen LogP contribution in [0.15, 0.2) is 152 Å². The molecule has 0 saturated carbocycles. The van der Waals surface area contributed by atoms with Crippen molar-refractivity contribution in [3.05, 3.63) is 180 Å². The number of fused-ring (bicyclic) bond motifs is 3. The van der Waals surface area contributed by atoms with Gasteiger partial charge < -0.3 is 0 Å². The Labute approximate surface area is 294 Å². The van der Waals surface area contributed by atoms with E-state index < -0.39 is 0 Å². The van der Waals surface area contributed by atoms with Gasteiger partial charge in [-0.05, 0) is 23.0 Å². The van der Waals surface area contributed by atoms with E-state index in [2.05, 4.69) is 145 Å². The Morgan fingerprint density at radius 3 is 1.43 bits per heavy atom. The Morgan fingerprint density at radius 2 is 1.02 bits per heavy atom. The summed E-state index contributed by atoms with van der Waals surface area (Å²) in [5, 5.41) is 5.48. The summed E-state index contributed by atoms with van der Waals surface area (Å²) in [7, 11) is 0. The van der Waals surface area contributed by atoms with Gasteiger partial charge in [0.2, 0.25) is 0 Å². The van der Waals surface area contributed by atoms with Gasteiger partial charge in [-0.3, -0.25) is 0 Å². The molecule has 0 nitrogen and oxygen atoms in total. The fourth-order valence-electron chi connectivity index (χ4n) is 5.54. The molecule has 0 aliphatic heterocycles. The van der Waals surface area contributed by atoms with E-state index in [1.54, 1.807) is 12.1 Å². The summed E-state index contributed by atoms with van der Waals surface area (Å²) in [5.41, 5.74) is 8.11. The summed E-state index contributed by atoms with van der Waals surface area (Å²) in [6, 6.07) is 51.8. The summed E-state index contributed by atoms with van der Waals surface area (Å²) < 4.78 is 14.0. The van der Waals surface area contributed by atoms with Crippen LogP contribution in [0.3, 0.4) is 0 Å². The van der Waals surface area contributed by atoms with Crippen molar-refractivity contribution in [1.82, 2.24) is 0 Å². The molecule has 0 atom stereocenters. The van der Waals surface area contributed by atoms with Gasteiger partial charge in [-0.15, -0.1) is 45.8 Å². The first-order valence-electron chi connectivity index (χ1n) is 16.2. The molecule has 2 heteroatoms. The predicted molar refractivity (Wildman–Crippen MR) is 198 cm³/mol. The molecular weight excluding hydrogens is 738 g/mol. The number of hydrogen-bond acceptors (Lipinski definition) is 0. The van der Waals surface area contributed by atoms with Crippen molar-refractivity contribution in [3.63, 3.8) is 0 Å². The molecule has 0 radical (unpaired) electrons. The van der Waals surface area contributed by atoms with E-state index in [0.717, 1.165) is 35.0 Å². The van der Waals surface area contributed by atoms with E-state index in [1.807, 2.05) is 24.3 Å². The second kappa shape index (κ2) is 14.8. The molecular formula is C45H43FHf. The number of benzene rings is 5. The van der Waals surface area contributed by atoms with Crippen molar-refractivity contribution in [1.29, 1.82) is 0 Å². The Hall–Kier alpha value is -4.01. The van der Waals surface area contributed by atoms with E-state index in [1.165, 1.54) is 59.2 Å². The third-order valence-electron chi connectivity index (χ3n) is 8.40. The Balaban J connectivity index is 0.000000145. The zero-order chi connectivity index (χ0) is 33.6. The monoisotopic (exact) mass is 782 g/mol. The zero-order valence-electron chi connectivity index (χ0n) is 28.3. The van der Waals surface area contributed by atoms with Crippen molar-refractivity contribution in [2.24, 2.45) is 0 Å². The topological polar surface area (TPSA) is 0 Å². The molecule has 7 rings (SSSR count). The summed E-state index contributed by atoms with van der Waals surface area (Å²) in [6.45, 7) is 13.6. The molecule has 0 aliphatic rings. The minimum absolute atomic E-state index is 0.190. The Bertz CT molecular complexity index is 1920. The fraction of sp³-hybridized carbons (Fsp3) is 0.178. The fourth-order valence-corrected chi connectivity index (χ4v) is 6.74. The van der Waals surface area contributed by atoms with Crippen LogP contribution < -0.4 is 0 Å². The molecule has 234 valence electrons. The molecule has 47 heavy (non-hydrogen) atoms. The maximum absolute atomic E-state index is 12.5. The van der Waals surface area contributed by atoms with E-state index in [4.69, 9.17) is 0 Å². The summed E-state index contributed by atoms with van der Waals surface area (Å²) >= 11 is 1.08. The molecule has 0 unspecified atom stereocenters. The molecule has 0 spiro atoms. The predicted octanol–water partition coefficient (Wildman–Crippen LogP) is 12.3. The normalized spacial score (nSPS) is 11.4. The SMILES string of the molecule is CC(C)(C)c1ccc2c(c1)[cH-]c1cc(C(C)(C)C)ccc12.Fc1ccc(-c2ccc[cH-]2)cc1.[Hf+2]=[C](c1ccccc1)c1ccccc1. The maximum atomic E-state index is 12.5. The minimum atomic E-state index is -0.190. The van der Waals surface area contributed by atoms with Gasteiger partial charge in [0.1, 0.15) is 5.82 Å². The molecule has 7 aromatic rings. The molecule has 0 saturated heterocycles. The van der Waals surface area contributed by atoms with Crippen molar-refractivity contribution in [2.75, 3.05) is 0 Å². The van der Waals surface area contributed by atoms with Gasteiger partial charge >= 0.3 is 98.9 Å². The van der Waals surface area contributed by atoms with E-state index >= 15 is 0 Å². The van der Waals surface area contributed by atoms with Gasteiger partial charge in [-0.25, -0.2) is 4.39 Å². The van der Waals surface area contributed by atoms with Gasteiger partial charge in [0.15, 0.2) is 0 Å². The molecule has 0 aromatic heterocycles. The summed E-state index contributed by atoms with van der Waals surface area (Å²) in [5.74, 6) is -0.190. The van der Waals surface area contributed by atoms with Crippen LogP contribution in [-0.2, 0) is 34.7 Å². The van der Waals surface area contributed by atoms with Gasteiger partial charge in [-0.1, -0.05) is 94.6 Å². The van der Waals surface area contributed by atoms with Gasteiger partial charge in [0, 0.05) is 0 Å².